The number of hydrogen-bond acceptors (Lipinski definition) is 9. The first kappa shape index (κ1) is 32.0. The van der Waals surface area contributed by atoms with Crippen molar-refractivity contribution in [1.82, 2.24) is 14.7 Å². The average molecular weight is 670 g/mol. The summed E-state index contributed by atoms with van der Waals surface area (Å²) in [4.78, 5) is 59.5. The van der Waals surface area contributed by atoms with Gasteiger partial charge in [0.25, 0.3) is 0 Å². The maximum atomic E-state index is 14.1. The molecule has 12 nitrogen and oxygen atoms in total. The van der Waals surface area contributed by atoms with E-state index in [9.17, 15) is 27.6 Å². The normalized spacial score (nSPS) is 30.1. The van der Waals surface area contributed by atoms with E-state index >= 15 is 0 Å². The Labute approximate surface area is 275 Å². The maximum absolute atomic E-state index is 14.1. The van der Waals surface area contributed by atoms with Crippen LogP contribution in [0.2, 0.25) is 0 Å². The van der Waals surface area contributed by atoms with Crippen LogP contribution < -0.4 is 9.47 Å². The van der Waals surface area contributed by atoms with Gasteiger partial charge in [-0.2, -0.15) is 0 Å². The van der Waals surface area contributed by atoms with Crippen molar-refractivity contribution in [1.29, 1.82) is 0 Å². The second-order valence-corrected chi connectivity index (χ2v) is 16.3. The predicted octanol–water partition coefficient (Wildman–Crippen LogP) is 3.65. The number of ketones is 2. The summed E-state index contributed by atoms with van der Waals surface area (Å²) in [5, 5.41) is -0.460. The van der Waals surface area contributed by atoms with E-state index in [-0.39, 0.29) is 37.1 Å². The van der Waals surface area contributed by atoms with Gasteiger partial charge in [0.1, 0.15) is 25.1 Å². The van der Waals surface area contributed by atoms with Crippen molar-refractivity contribution < 1.29 is 41.8 Å². The van der Waals surface area contributed by atoms with E-state index in [1.54, 1.807) is 16.8 Å². The monoisotopic (exact) mass is 669 g/mol. The molecule has 0 spiro atoms. The third-order valence-electron chi connectivity index (χ3n) is 10.6. The van der Waals surface area contributed by atoms with Gasteiger partial charge in [0.05, 0.1) is 17.8 Å². The van der Waals surface area contributed by atoms with Gasteiger partial charge in [-0.3, -0.25) is 14.5 Å². The van der Waals surface area contributed by atoms with Crippen LogP contribution in [0.15, 0.2) is 24.3 Å². The third kappa shape index (κ3) is 6.47. The molecule has 254 valence electrons. The summed E-state index contributed by atoms with van der Waals surface area (Å²) < 4.78 is 42.9. The molecule has 2 saturated carbocycles. The van der Waals surface area contributed by atoms with E-state index in [0.717, 1.165) is 36.8 Å². The maximum Gasteiger partial charge on any atom is 0.410 e. The minimum atomic E-state index is -3.55. The van der Waals surface area contributed by atoms with Crippen LogP contribution in [-0.4, -0.2) is 103 Å². The molecular formula is C34H43N3O9S. The van der Waals surface area contributed by atoms with Gasteiger partial charge in [-0.05, 0) is 67.7 Å². The third-order valence-corrected chi connectivity index (χ3v) is 12.7. The molecule has 0 bridgehead atoms. The molecular weight excluding hydrogens is 626 g/mol. The number of carbonyl (C=O) groups is 4. The predicted molar refractivity (Wildman–Crippen MR) is 170 cm³/mol. The highest BCUT2D eigenvalue weighted by atomic mass is 32.2. The molecule has 6 aliphatic rings. The lowest BCUT2D eigenvalue weighted by atomic mass is 9.89. The van der Waals surface area contributed by atoms with Gasteiger partial charge in [0.2, 0.25) is 0 Å². The molecule has 3 amide bonds. The van der Waals surface area contributed by atoms with Gasteiger partial charge in [-0.15, -0.1) is 0 Å². The Morgan fingerprint density at radius 1 is 1.02 bits per heavy atom. The number of hydrogen-bond donors (Lipinski definition) is 0. The van der Waals surface area contributed by atoms with E-state index in [1.807, 2.05) is 24.3 Å². The Bertz CT molecular complexity index is 1570. The van der Waals surface area contributed by atoms with Crippen molar-refractivity contribution in [3.8, 4) is 11.5 Å². The first-order chi connectivity index (χ1) is 22.5. The summed E-state index contributed by atoms with van der Waals surface area (Å²) in [6.45, 7) is 2.20. The molecule has 1 saturated heterocycles. The zero-order chi connectivity index (χ0) is 32.9. The van der Waals surface area contributed by atoms with Crippen molar-refractivity contribution in [3.05, 3.63) is 35.4 Å². The molecule has 4 atom stereocenters. The second-order valence-electron chi connectivity index (χ2n) is 14.1. The summed E-state index contributed by atoms with van der Waals surface area (Å²) in [6, 6.07) is 2.58. The fourth-order valence-corrected chi connectivity index (χ4v) is 9.29. The molecule has 4 heterocycles. The largest absolute Gasteiger partial charge is 0.486 e. The summed E-state index contributed by atoms with van der Waals surface area (Å²) in [5.74, 6) is -0.155. The second kappa shape index (κ2) is 12.4. The van der Waals surface area contributed by atoms with Crippen LogP contribution >= 0.6 is 0 Å². The number of benzene rings is 1. The van der Waals surface area contributed by atoms with Crippen LogP contribution in [0.1, 0.15) is 68.9 Å². The zero-order valence-electron chi connectivity index (χ0n) is 26.9. The van der Waals surface area contributed by atoms with Crippen LogP contribution in [0, 0.1) is 11.3 Å². The smallest absolute Gasteiger partial charge is 0.410 e. The lowest BCUT2D eigenvalue weighted by Gasteiger charge is -2.29. The number of Topliss-reactive ketones (excluding diaryl/α,β-unsaturated/α-hetero) is 2. The van der Waals surface area contributed by atoms with Crippen LogP contribution in [0.5, 0.6) is 11.5 Å². The van der Waals surface area contributed by atoms with Crippen LogP contribution in [0.4, 0.5) is 9.59 Å². The molecule has 1 aromatic rings. The fourth-order valence-electron chi connectivity index (χ4n) is 7.55. The number of nitrogens with zero attached hydrogens (tertiary/aromatic N) is 3. The van der Waals surface area contributed by atoms with Gasteiger partial charge in [-0.1, -0.05) is 18.6 Å². The fraction of sp³-hybridized carbons (Fsp3) is 0.647. The molecule has 4 aliphatic heterocycles. The highest BCUT2D eigenvalue weighted by molar-refractivity contribution is 7.93. The van der Waals surface area contributed by atoms with Crippen molar-refractivity contribution in [2.45, 2.75) is 88.3 Å². The first-order valence-electron chi connectivity index (χ1n) is 16.9. The van der Waals surface area contributed by atoms with Crippen LogP contribution in [0.3, 0.4) is 0 Å². The van der Waals surface area contributed by atoms with Crippen molar-refractivity contribution in [3.63, 3.8) is 0 Å². The van der Waals surface area contributed by atoms with Gasteiger partial charge >= 0.3 is 12.1 Å². The van der Waals surface area contributed by atoms with Crippen molar-refractivity contribution in [2.24, 2.45) is 11.3 Å². The Balaban J connectivity index is 1.08. The van der Waals surface area contributed by atoms with E-state index < -0.39 is 50.3 Å². The molecule has 0 radical (unpaired) electrons. The topological polar surface area (TPSA) is 140 Å². The Kier molecular flexibility index (Phi) is 8.46. The molecule has 13 heteroatoms. The summed E-state index contributed by atoms with van der Waals surface area (Å²) in [5.41, 5.74) is 0.812. The number of amides is 3. The summed E-state index contributed by atoms with van der Waals surface area (Å²) in [7, 11) is -1.84. The molecule has 47 heavy (non-hydrogen) atoms. The minimum Gasteiger partial charge on any atom is -0.486 e. The number of rotatable bonds is 5. The van der Waals surface area contributed by atoms with E-state index in [4.69, 9.17) is 14.2 Å². The molecule has 1 aromatic carbocycles. The average Bonchev–Trinajstić information content (AvgIpc) is 3.93. The first-order valence-corrected chi connectivity index (χ1v) is 18.6. The highest BCUT2D eigenvalue weighted by Gasteiger charge is 2.61. The SMILES string of the molecule is CN1CCCCC/C=C\[C@@H]2C[C@@]2(C(=O)CS(=O)(=O)C2CC2)CC(=O)[C@@H]2C[C@@H](OC(=O)N3Cc4cc5c(cc4C3)OCCO5)CN2C1=O. The van der Waals surface area contributed by atoms with Gasteiger partial charge in [0, 0.05) is 44.9 Å². The lowest BCUT2D eigenvalue weighted by molar-refractivity contribution is -0.130. The number of sulfone groups is 1. The molecule has 2 aliphatic carbocycles. The number of ether oxygens (including phenoxy) is 3. The summed E-state index contributed by atoms with van der Waals surface area (Å²) in [6.07, 6.45) is 7.78. The van der Waals surface area contributed by atoms with Gasteiger partial charge in [0.15, 0.2) is 32.9 Å². The Hall–Kier alpha value is -3.61. The van der Waals surface area contributed by atoms with E-state index in [0.29, 0.717) is 63.6 Å². The Morgan fingerprint density at radius 2 is 1.72 bits per heavy atom. The minimum absolute atomic E-state index is 0.0580. The molecule has 0 N–H and O–H groups in total. The number of carbonyl (C=O) groups excluding carboxylic acids is 4. The van der Waals surface area contributed by atoms with Crippen LogP contribution in [0.25, 0.3) is 0 Å². The van der Waals surface area contributed by atoms with Crippen LogP contribution in [-0.2, 0) is 37.3 Å². The van der Waals surface area contributed by atoms with Gasteiger partial charge < -0.3 is 24.0 Å². The standard InChI is InChI=1S/C34H43N3O9S/c1-35-10-6-4-2-3-5-7-24-16-34(24,31(39)21-47(42,43)26-8-9-26)17-28(38)27-15-25(20-37(27)32(35)40)46-33(41)36-18-22-13-29-30(14-23(22)19-36)45-12-11-44-29/h5,7,13-14,24-27H,2-4,6,8-12,15-21H2,1H3/b7-5-/t24-,25-,27+,34-/m1/s1. The molecule has 3 fully saturated rings. The number of fused-ring (bicyclic) bond motifs is 4. The van der Waals surface area contributed by atoms with Gasteiger partial charge in [-0.25, -0.2) is 18.0 Å². The molecule has 0 aromatic heterocycles. The molecule has 0 unspecified atom stereocenters. The Morgan fingerprint density at radius 3 is 2.40 bits per heavy atom. The van der Waals surface area contributed by atoms with E-state index in [1.165, 1.54) is 4.90 Å². The summed E-state index contributed by atoms with van der Waals surface area (Å²) >= 11 is 0. The quantitative estimate of drug-likeness (QED) is 0.430. The van der Waals surface area contributed by atoms with Crippen molar-refractivity contribution >= 4 is 33.5 Å². The number of urea groups is 1. The number of allylic oxidation sites excluding steroid dienone is 2. The highest BCUT2D eigenvalue weighted by Crippen LogP contribution is 2.58. The lowest BCUT2D eigenvalue weighted by Crippen LogP contribution is -2.48. The molecule has 7 rings (SSSR count). The van der Waals surface area contributed by atoms with Crippen molar-refractivity contribution in [2.75, 3.05) is 39.1 Å². The zero-order valence-corrected chi connectivity index (χ0v) is 27.7. The van der Waals surface area contributed by atoms with E-state index in [2.05, 4.69) is 0 Å².